The van der Waals surface area contributed by atoms with Gasteiger partial charge in [0.25, 0.3) is 0 Å². The molecule has 20 heavy (non-hydrogen) atoms. The quantitative estimate of drug-likeness (QED) is 0.692. The monoisotopic (exact) mass is 278 g/mol. The lowest BCUT2D eigenvalue weighted by Crippen LogP contribution is -2.46. The fraction of sp³-hybridized carbons (Fsp3) is 0.750. The zero-order chi connectivity index (χ0) is 14.8. The van der Waals surface area contributed by atoms with Gasteiger partial charge in [0, 0.05) is 25.2 Å². The van der Waals surface area contributed by atoms with E-state index in [1.807, 2.05) is 0 Å². The number of ether oxygens (including phenoxy) is 2. The van der Waals surface area contributed by atoms with Gasteiger partial charge >= 0.3 is 5.97 Å². The van der Waals surface area contributed by atoms with Crippen LogP contribution in [0.1, 0.15) is 53.4 Å². The van der Waals surface area contributed by atoms with Gasteiger partial charge in [0.1, 0.15) is 5.60 Å². The highest BCUT2D eigenvalue weighted by Gasteiger charge is 2.66. The molecule has 0 bridgehead atoms. The summed E-state index contributed by atoms with van der Waals surface area (Å²) >= 11 is 0. The molecule has 2 aliphatic carbocycles. The number of carbonyl (C=O) groups excluding carboxylic acids is 2. The number of hydrogen-bond acceptors (Lipinski definition) is 4. The van der Waals surface area contributed by atoms with E-state index in [4.69, 9.17) is 9.47 Å². The normalized spacial score (nSPS) is 41.9. The maximum atomic E-state index is 12.1. The van der Waals surface area contributed by atoms with Crippen molar-refractivity contribution < 1.29 is 19.1 Å². The summed E-state index contributed by atoms with van der Waals surface area (Å²) in [6.07, 6.45) is 4.08. The van der Waals surface area contributed by atoms with Crippen LogP contribution in [0.5, 0.6) is 0 Å². The van der Waals surface area contributed by atoms with Gasteiger partial charge in [-0.05, 0) is 29.9 Å². The van der Waals surface area contributed by atoms with E-state index in [0.29, 0.717) is 12.8 Å². The van der Waals surface area contributed by atoms with Crippen molar-refractivity contribution >= 4 is 11.8 Å². The summed E-state index contributed by atoms with van der Waals surface area (Å²) in [6, 6.07) is 0. The van der Waals surface area contributed by atoms with Crippen molar-refractivity contribution in [2.45, 2.75) is 65.3 Å². The number of ketones is 1. The summed E-state index contributed by atoms with van der Waals surface area (Å²) in [6.45, 7) is 7.90. The molecule has 3 rings (SSSR count). The summed E-state index contributed by atoms with van der Waals surface area (Å²) in [5, 5.41) is 0. The first-order chi connectivity index (χ1) is 9.16. The van der Waals surface area contributed by atoms with Crippen molar-refractivity contribution in [3.05, 3.63) is 11.6 Å². The fourth-order valence-electron chi connectivity index (χ4n) is 4.43. The molecule has 1 saturated heterocycles. The number of rotatable bonds is 1. The van der Waals surface area contributed by atoms with Gasteiger partial charge in [0.2, 0.25) is 6.29 Å². The molecule has 2 fully saturated rings. The molecule has 0 aromatic carbocycles. The Morgan fingerprint density at radius 3 is 2.70 bits per heavy atom. The predicted octanol–water partition coefficient (Wildman–Crippen LogP) is 2.76. The van der Waals surface area contributed by atoms with E-state index in [1.165, 1.54) is 6.92 Å². The summed E-state index contributed by atoms with van der Waals surface area (Å²) in [7, 11) is 0. The van der Waals surface area contributed by atoms with Crippen LogP contribution in [0, 0.1) is 10.8 Å². The minimum absolute atomic E-state index is 0.114. The largest absolute Gasteiger partial charge is 0.436 e. The molecule has 0 aromatic heterocycles. The molecule has 4 heteroatoms. The Bertz CT molecular complexity index is 519. The molecule has 3 atom stereocenters. The first-order valence-corrected chi connectivity index (χ1v) is 7.25. The molecule has 0 aromatic rings. The molecule has 4 nitrogen and oxygen atoms in total. The topological polar surface area (TPSA) is 52.6 Å². The molecule has 110 valence electrons. The number of allylic oxidation sites excluding steroid dienone is 1. The Morgan fingerprint density at radius 2 is 2.05 bits per heavy atom. The molecule has 3 unspecified atom stereocenters. The van der Waals surface area contributed by atoms with Crippen LogP contribution in [-0.2, 0) is 19.1 Å². The summed E-state index contributed by atoms with van der Waals surface area (Å²) in [4.78, 5) is 23.3. The fourth-order valence-corrected chi connectivity index (χ4v) is 4.43. The van der Waals surface area contributed by atoms with E-state index >= 15 is 0 Å². The van der Waals surface area contributed by atoms with E-state index in [2.05, 4.69) is 20.8 Å². The molecular formula is C16H22O4. The summed E-state index contributed by atoms with van der Waals surface area (Å²) in [5.74, 6) is -0.161. The van der Waals surface area contributed by atoms with Crippen molar-refractivity contribution in [1.29, 1.82) is 0 Å². The summed E-state index contributed by atoms with van der Waals surface area (Å²) in [5.41, 5.74) is 0.519. The van der Waals surface area contributed by atoms with E-state index in [0.717, 1.165) is 18.4 Å². The third-order valence-corrected chi connectivity index (χ3v) is 5.04. The van der Waals surface area contributed by atoms with E-state index in [1.54, 1.807) is 6.08 Å². The van der Waals surface area contributed by atoms with Crippen LogP contribution >= 0.6 is 0 Å². The summed E-state index contributed by atoms with van der Waals surface area (Å²) < 4.78 is 11.5. The Balaban J connectivity index is 2.01. The van der Waals surface area contributed by atoms with Crippen LogP contribution in [0.15, 0.2) is 11.6 Å². The van der Waals surface area contributed by atoms with Crippen LogP contribution in [0.25, 0.3) is 0 Å². The first kappa shape index (κ1) is 13.8. The van der Waals surface area contributed by atoms with Crippen LogP contribution in [0.2, 0.25) is 0 Å². The van der Waals surface area contributed by atoms with E-state index in [9.17, 15) is 9.59 Å². The van der Waals surface area contributed by atoms with Gasteiger partial charge in [-0.15, -0.1) is 0 Å². The molecule has 0 amide bonds. The average molecular weight is 278 g/mol. The third kappa shape index (κ3) is 1.85. The van der Waals surface area contributed by atoms with Crippen molar-refractivity contribution in [2.24, 2.45) is 10.8 Å². The van der Waals surface area contributed by atoms with Crippen LogP contribution in [0.4, 0.5) is 0 Å². The minimum atomic E-state index is -0.527. The van der Waals surface area contributed by atoms with Crippen LogP contribution in [0.3, 0.4) is 0 Å². The highest BCUT2D eigenvalue weighted by Crippen LogP contribution is 2.65. The zero-order valence-electron chi connectivity index (χ0n) is 12.6. The smallest absolute Gasteiger partial charge is 0.304 e. The average Bonchev–Trinajstić information content (AvgIpc) is 2.61. The third-order valence-electron chi connectivity index (χ3n) is 5.04. The van der Waals surface area contributed by atoms with Crippen molar-refractivity contribution in [1.82, 2.24) is 0 Å². The lowest BCUT2D eigenvalue weighted by molar-refractivity contribution is -0.184. The number of carbonyl (C=O) groups is 2. The lowest BCUT2D eigenvalue weighted by Gasteiger charge is -2.43. The standard InChI is InChI=1S/C16H22O4/c1-10(17)19-13-8-15(4)7-12(18)5-11-6-14(2,3)9-16(11,15)20-13/h5,13H,6-9H2,1-4H3. The van der Waals surface area contributed by atoms with Gasteiger partial charge in [-0.25, -0.2) is 0 Å². The van der Waals surface area contributed by atoms with Gasteiger partial charge in [-0.2, -0.15) is 0 Å². The Kier molecular flexibility index (Phi) is 2.72. The SMILES string of the molecule is CC(=O)OC1CC2(C)CC(=O)C=C3CC(C)(C)CC32O1. The maximum Gasteiger partial charge on any atom is 0.304 e. The van der Waals surface area contributed by atoms with Crippen LogP contribution < -0.4 is 0 Å². The molecule has 0 N–H and O–H groups in total. The second kappa shape index (κ2) is 3.94. The van der Waals surface area contributed by atoms with Crippen LogP contribution in [-0.4, -0.2) is 23.6 Å². The molecule has 0 radical (unpaired) electrons. The molecule has 3 aliphatic rings. The van der Waals surface area contributed by atoms with Crippen molar-refractivity contribution in [3.8, 4) is 0 Å². The first-order valence-electron chi connectivity index (χ1n) is 7.25. The van der Waals surface area contributed by atoms with Gasteiger partial charge in [-0.3, -0.25) is 9.59 Å². The molecule has 1 saturated carbocycles. The Labute approximate surface area is 119 Å². The highest BCUT2D eigenvalue weighted by molar-refractivity contribution is 5.93. The molecule has 1 aliphatic heterocycles. The highest BCUT2D eigenvalue weighted by atomic mass is 16.7. The lowest BCUT2D eigenvalue weighted by atomic mass is 9.63. The Morgan fingerprint density at radius 1 is 1.35 bits per heavy atom. The van der Waals surface area contributed by atoms with Crippen molar-refractivity contribution in [2.75, 3.05) is 0 Å². The maximum absolute atomic E-state index is 12.1. The number of hydrogen-bond donors (Lipinski definition) is 0. The van der Waals surface area contributed by atoms with Gasteiger partial charge < -0.3 is 9.47 Å². The minimum Gasteiger partial charge on any atom is -0.436 e. The zero-order valence-corrected chi connectivity index (χ0v) is 12.6. The number of esters is 1. The molecule has 1 spiro atoms. The molecule has 1 heterocycles. The van der Waals surface area contributed by atoms with Crippen molar-refractivity contribution in [3.63, 3.8) is 0 Å². The van der Waals surface area contributed by atoms with Gasteiger partial charge in [0.05, 0.1) is 0 Å². The second-order valence-corrected chi connectivity index (χ2v) is 7.58. The van der Waals surface area contributed by atoms with E-state index < -0.39 is 11.9 Å². The molecular weight excluding hydrogens is 256 g/mol. The predicted molar refractivity (Wildman–Crippen MR) is 72.8 cm³/mol. The van der Waals surface area contributed by atoms with E-state index in [-0.39, 0.29) is 22.6 Å². The van der Waals surface area contributed by atoms with Gasteiger partial charge in [0.15, 0.2) is 5.78 Å². The van der Waals surface area contributed by atoms with Gasteiger partial charge in [-0.1, -0.05) is 20.8 Å². The Hall–Kier alpha value is -1.16. The second-order valence-electron chi connectivity index (χ2n) is 7.58.